The normalized spacial score (nSPS) is 23.5. The fraction of sp³-hybridized carbons (Fsp3) is 0.375. The zero-order valence-electron chi connectivity index (χ0n) is 20.2. The Morgan fingerprint density at radius 2 is 2.08 bits per heavy atom. The molecule has 1 aliphatic heterocycles. The molecule has 4 N–H and O–H groups in total. The van der Waals surface area contributed by atoms with E-state index in [0.29, 0.717) is 32.9 Å². The van der Waals surface area contributed by atoms with E-state index in [-0.39, 0.29) is 30.0 Å². The Labute approximate surface area is 234 Å². The molecule has 14 heteroatoms. The smallest absolute Gasteiger partial charge is 0.333 e. The second-order valence-electron chi connectivity index (χ2n) is 9.53. The molecule has 1 saturated carbocycles. The van der Waals surface area contributed by atoms with Crippen molar-refractivity contribution < 1.29 is 22.5 Å². The molecule has 0 saturated heterocycles. The standard InChI is InChI=1S/C24H25Cl2N5O5S2/c1-31-9-12-2-3-14(25)5-16(12)21(31)17-7-20(37-23(17)26)22(33)18-8-28-11-29-24(18)30-15-4-13(19(32)6-15)10-36-38(27,34)35/h2-3,5,7-8,11,13,15,19,21,32H,4,6,9-10H2,1H3,(H2,27,34,35)(H,28,29,30)/t13-,15-,19+,21+/m1/s1. The van der Waals surface area contributed by atoms with E-state index < -0.39 is 22.3 Å². The summed E-state index contributed by atoms with van der Waals surface area (Å²) in [6.45, 7) is 0.512. The molecule has 0 unspecified atom stereocenters. The fourth-order valence-electron chi connectivity index (χ4n) is 5.17. The molecule has 202 valence electrons. The van der Waals surface area contributed by atoms with E-state index in [4.69, 9.17) is 28.3 Å². The number of ketones is 1. The Balaban J connectivity index is 1.36. The first-order valence-electron chi connectivity index (χ1n) is 11.7. The molecule has 0 radical (unpaired) electrons. The number of carbonyl (C=O) groups is 1. The maximum absolute atomic E-state index is 13.6. The minimum atomic E-state index is -4.11. The Morgan fingerprint density at radius 3 is 2.84 bits per heavy atom. The van der Waals surface area contributed by atoms with Crippen LogP contribution in [0.3, 0.4) is 0 Å². The second-order valence-corrected chi connectivity index (χ2v) is 12.8. The number of aliphatic hydroxyl groups excluding tert-OH is 1. The quantitative estimate of drug-likeness (QED) is 0.332. The van der Waals surface area contributed by atoms with Gasteiger partial charge >= 0.3 is 10.3 Å². The largest absolute Gasteiger partial charge is 0.393 e. The van der Waals surface area contributed by atoms with E-state index in [1.54, 1.807) is 0 Å². The lowest BCUT2D eigenvalue weighted by molar-refractivity contribution is 0.101. The van der Waals surface area contributed by atoms with E-state index >= 15 is 0 Å². The van der Waals surface area contributed by atoms with Crippen molar-refractivity contribution in [1.82, 2.24) is 14.9 Å². The molecule has 1 fully saturated rings. The summed E-state index contributed by atoms with van der Waals surface area (Å²) >= 11 is 14.1. The van der Waals surface area contributed by atoms with Crippen molar-refractivity contribution in [1.29, 1.82) is 0 Å². The minimum Gasteiger partial charge on any atom is -0.393 e. The molecule has 3 heterocycles. The third kappa shape index (κ3) is 5.73. The van der Waals surface area contributed by atoms with Crippen LogP contribution in [-0.2, 0) is 21.0 Å². The lowest BCUT2D eigenvalue weighted by atomic mass is 9.99. The minimum absolute atomic E-state index is 0.130. The summed E-state index contributed by atoms with van der Waals surface area (Å²) in [4.78, 5) is 24.5. The first-order chi connectivity index (χ1) is 18.0. The van der Waals surface area contributed by atoms with E-state index in [2.05, 4.69) is 24.4 Å². The Bertz CT molecular complexity index is 1480. The molecule has 0 spiro atoms. The zero-order chi connectivity index (χ0) is 27.2. The first kappa shape index (κ1) is 27.4. The first-order valence-corrected chi connectivity index (χ1v) is 14.8. The number of thiophene rings is 1. The van der Waals surface area contributed by atoms with Crippen LogP contribution >= 0.6 is 34.5 Å². The number of nitrogens with zero attached hydrogens (tertiary/aromatic N) is 3. The molecule has 1 aromatic carbocycles. The van der Waals surface area contributed by atoms with Crippen molar-refractivity contribution in [2.75, 3.05) is 19.0 Å². The summed E-state index contributed by atoms with van der Waals surface area (Å²) < 4.78 is 27.4. The average molecular weight is 599 g/mol. The number of hydrogen-bond donors (Lipinski definition) is 3. The maximum atomic E-state index is 13.6. The van der Waals surface area contributed by atoms with Gasteiger partial charge < -0.3 is 10.4 Å². The van der Waals surface area contributed by atoms with Gasteiger partial charge in [-0.3, -0.25) is 13.9 Å². The van der Waals surface area contributed by atoms with Gasteiger partial charge in [0.25, 0.3) is 0 Å². The van der Waals surface area contributed by atoms with Gasteiger partial charge in [0.2, 0.25) is 5.78 Å². The van der Waals surface area contributed by atoms with E-state index in [9.17, 15) is 18.3 Å². The highest BCUT2D eigenvalue weighted by molar-refractivity contribution is 7.84. The lowest BCUT2D eigenvalue weighted by Gasteiger charge is -2.20. The summed E-state index contributed by atoms with van der Waals surface area (Å²) in [5.41, 5.74) is 3.31. The monoisotopic (exact) mass is 597 g/mol. The molecule has 5 rings (SSSR count). The van der Waals surface area contributed by atoms with E-state index in [1.165, 1.54) is 23.9 Å². The molecule has 1 aliphatic carbocycles. The van der Waals surface area contributed by atoms with Crippen LogP contribution in [0.25, 0.3) is 0 Å². The topological polar surface area (TPSA) is 148 Å². The van der Waals surface area contributed by atoms with Crippen molar-refractivity contribution >= 4 is 56.4 Å². The van der Waals surface area contributed by atoms with E-state index in [1.807, 2.05) is 31.3 Å². The summed E-state index contributed by atoms with van der Waals surface area (Å²) in [5, 5.41) is 19.1. The molecule has 3 aromatic rings. The number of benzene rings is 1. The van der Waals surface area contributed by atoms with Crippen LogP contribution in [0.1, 0.15) is 50.8 Å². The number of nitrogens with one attached hydrogen (secondary N) is 1. The zero-order valence-corrected chi connectivity index (χ0v) is 23.3. The highest BCUT2D eigenvalue weighted by Crippen LogP contribution is 2.44. The third-order valence-electron chi connectivity index (χ3n) is 6.90. The lowest BCUT2D eigenvalue weighted by Crippen LogP contribution is -2.24. The van der Waals surface area contributed by atoms with Gasteiger partial charge in [-0.1, -0.05) is 29.3 Å². The highest BCUT2D eigenvalue weighted by atomic mass is 35.5. The van der Waals surface area contributed by atoms with Gasteiger partial charge in [-0.2, -0.15) is 8.42 Å². The second kappa shape index (κ2) is 10.8. The molecule has 2 aromatic heterocycles. The fourth-order valence-corrected chi connectivity index (χ4v) is 6.99. The van der Waals surface area contributed by atoms with Gasteiger partial charge in [0, 0.05) is 35.3 Å². The average Bonchev–Trinajstić information content (AvgIpc) is 3.50. The summed E-state index contributed by atoms with van der Waals surface area (Å²) in [5.74, 6) is -0.410. The van der Waals surface area contributed by atoms with Crippen molar-refractivity contribution in [2.45, 2.75) is 37.6 Å². The SMILES string of the molecule is CN1Cc2ccc(Cl)cc2[C@H]1c1cc(C(=O)c2cncnc2N[C@@H]2C[C@H](COS(N)(=O)=O)[C@@H](O)C2)sc1Cl. The number of aliphatic hydroxyl groups is 1. The van der Waals surface area contributed by atoms with Crippen molar-refractivity contribution in [3.63, 3.8) is 0 Å². The predicted octanol–water partition coefficient (Wildman–Crippen LogP) is 3.38. The maximum Gasteiger partial charge on any atom is 0.333 e. The van der Waals surface area contributed by atoms with Crippen molar-refractivity contribution in [3.05, 3.63) is 73.3 Å². The Hall–Kier alpha value is -2.16. The molecule has 10 nitrogen and oxygen atoms in total. The van der Waals surface area contributed by atoms with Gasteiger partial charge in [-0.25, -0.2) is 15.1 Å². The van der Waals surface area contributed by atoms with Crippen molar-refractivity contribution in [2.24, 2.45) is 11.1 Å². The summed E-state index contributed by atoms with van der Waals surface area (Å²) in [6, 6.07) is 7.22. The number of halogens is 2. The number of nitrogens with two attached hydrogens (primary N) is 1. The van der Waals surface area contributed by atoms with Crippen LogP contribution in [-0.4, -0.2) is 60.0 Å². The molecule has 38 heavy (non-hydrogen) atoms. The third-order valence-corrected chi connectivity index (χ3v) is 8.98. The number of carbonyl (C=O) groups excluding carboxylic acids is 1. The number of rotatable bonds is 8. The van der Waals surface area contributed by atoms with Gasteiger partial charge in [-0.05, 0) is 49.2 Å². The number of anilines is 1. The number of hydrogen-bond acceptors (Lipinski definition) is 10. The van der Waals surface area contributed by atoms with Gasteiger partial charge in [-0.15, -0.1) is 11.3 Å². The van der Waals surface area contributed by atoms with Crippen LogP contribution in [0.5, 0.6) is 0 Å². The van der Waals surface area contributed by atoms with Crippen LogP contribution in [0.15, 0.2) is 36.8 Å². The van der Waals surface area contributed by atoms with Gasteiger partial charge in [0.1, 0.15) is 12.1 Å². The predicted molar refractivity (Wildman–Crippen MR) is 145 cm³/mol. The summed E-state index contributed by atoms with van der Waals surface area (Å²) in [6.07, 6.45) is 2.69. The summed E-state index contributed by atoms with van der Waals surface area (Å²) in [7, 11) is -2.11. The highest BCUT2D eigenvalue weighted by Gasteiger charge is 2.36. The Morgan fingerprint density at radius 1 is 1.29 bits per heavy atom. The van der Waals surface area contributed by atoms with Gasteiger partial charge in [0.05, 0.1) is 33.5 Å². The van der Waals surface area contributed by atoms with Crippen LogP contribution < -0.4 is 10.5 Å². The van der Waals surface area contributed by atoms with Crippen LogP contribution in [0.2, 0.25) is 9.36 Å². The molecule has 2 aliphatic rings. The number of aromatic nitrogens is 2. The van der Waals surface area contributed by atoms with E-state index in [0.717, 1.165) is 23.2 Å². The molecule has 0 bridgehead atoms. The number of fused-ring (bicyclic) bond motifs is 1. The van der Waals surface area contributed by atoms with Crippen LogP contribution in [0, 0.1) is 5.92 Å². The van der Waals surface area contributed by atoms with Crippen LogP contribution in [0.4, 0.5) is 5.82 Å². The molecular weight excluding hydrogens is 573 g/mol. The molecule has 4 atom stereocenters. The molecular formula is C24H25Cl2N5O5S2. The molecule has 0 amide bonds. The van der Waals surface area contributed by atoms with Crippen molar-refractivity contribution in [3.8, 4) is 0 Å². The van der Waals surface area contributed by atoms with Gasteiger partial charge in [0.15, 0.2) is 0 Å². The Kier molecular flexibility index (Phi) is 7.77.